The molecular weight excluding hydrogens is 260 g/mol. The number of likely N-dealkylation sites (tertiary alicyclic amines) is 1. The topological polar surface area (TPSA) is 24.5 Å². The number of rotatable bonds is 4. The lowest BCUT2D eigenvalue weighted by atomic mass is 9.95. The van der Waals surface area contributed by atoms with Crippen molar-refractivity contribution in [1.82, 2.24) is 4.90 Å². The van der Waals surface area contributed by atoms with Gasteiger partial charge in [-0.15, -0.1) is 0 Å². The smallest absolute Gasteiger partial charge is 0.142 e. The van der Waals surface area contributed by atoms with Crippen LogP contribution in [0.1, 0.15) is 38.7 Å². The Kier molecular flexibility index (Phi) is 4.69. The van der Waals surface area contributed by atoms with Crippen LogP contribution in [-0.2, 0) is 6.42 Å². The maximum Gasteiger partial charge on any atom is 0.142 e. The van der Waals surface area contributed by atoms with Crippen LogP contribution < -0.4 is 10.1 Å². The van der Waals surface area contributed by atoms with Gasteiger partial charge in [0.2, 0.25) is 0 Å². The van der Waals surface area contributed by atoms with E-state index in [0.717, 1.165) is 31.2 Å². The molecule has 0 saturated carbocycles. The first-order valence-corrected chi connectivity index (χ1v) is 8.50. The number of hydrogen-bond donors (Lipinski definition) is 1. The van der Waals surface area contributed by atoms with Gasteiger partial charge in [-0.3, -0.25) is 4.90 Å². The first kappa shape index (κ1) is 14.7. The van der Waals surface area contributed by atoms with Gasteiger partial charge in [0.1, 0.15) is 12.4 Å². The summed E-state index contributed by atoms with van der Waals surface area (Å²) in [6, 6.07) is 7.32. The highest BCUT2D eigenvalue weighted by molar-refractivity contribution is 5.59. The van der Waals surface area contributed by atoms with Gasteiger partial charge in [-0.05, 0) is 55.8 Å². The highest BCUT2D eigenvalue weighted by Gasteiger charge is 2.23. The quantitative estimate of drug-likeness (QED) is 0.917. The Hall–Kier alpha value is -1.22. The number of ether oxygens (including phenoxy) is 1. The molecule has 1 N–H and O–H groups in total. The van der Waals surface area contributed by atoms with Gasteiger partial charge in [0.25, 0.3) is 0 Å². The number of piperidine rings is 1. The molecule has 2 atom stereocenters. The van der Waals surface area contributed by atoms with Gasteiger partial charge in [-0.2, -0.15) is 0 Å². The zero-order chi connectivity index (χ0) is 14.7. The van der Waals surface area contributed by atoms with Crippen molar-refractivity contribution in [3.05, 3.63) is 23.8 Å². The largest absolute Gasteiger partial charge is 0.490 e. The van der Waals surface area contributed by atoms with Crippen LogP contribution in [0.4, 0.5) is 5.69 Å². The van der Waals surface area contributed by atoms with E-state index in [0.29, 0.717) is 6.04 Å². The van der Waals surface area contributed by atoms with E-state index in [1.165, 1.54) is 43.6 Å². The summed E-state index contributed by atoms with van der Waals surface area (Å²) in [5.41, 5.74) is 2.59. The van der Waals surface area contributed by atoms with Crippen molar-refractivity contribution in [1.29, 1.82) is 0 Å². The lowest BCUT2D eigenvalue weighted by molar-refractivity contribution is 0.125. The van der Waals surface area contributed by atoms with Crippen molar-refractivity contribution in [2.75, 3.05) is 31.6 Å². The minimum atomic E-state index is 0.676. The van der Waals surface area contributed by atoms with Crippen LogP contribution in [0.3, 0.4) is 0 Å². The molecule has 3 heteroatoms. The number of fused-ring (bicyclic) bond motifs is 1. The van der Waals surface area contributed by atoms with Crippen LogP contribution in [0.5, 0.6) is 5.75 Å². The molecule has 0 bridgehead atoms. The molecule has 1 fully saturated rings. The first-order valence-electron chi connectivity index (χ1n) is 8.50. The van der Waals surface area contributed by atoms with Crippen LogP contribution in [0, 0.1) is 5.92 Å². The molecule has 1 saturated heterocycles. The Balaban J connectivity index is 1.68. The number of hydrogen-bond acceptors (Lipinski definition) is 3. The number of nitrogens with zero attached hydrogens (tertiary/aromatic N) is 1. The minimum absolute atomic E-state index is 0.676. The van der Waals surface area contributed by atoms with Crippen molar-refractivity contribution >= 4 is 5.69 Å². The van der Waals surface area contributed by atoms with Crippen LogP contribution in [0.25, 0.3) is 0 Å². The second-order valence-corrected chi connectivity index (χ2v) is 6.61. The van der Waals surface area contributed by atoms with Crippen molar-refractivity contribution in [3.63, 3.8) is 0 Å². The fraction of sp³-hybridized carbons (Fsp3) is 0.667. The van der Waals surface area contributed by atoms with E-state index in [1.807, 2.05) is 0 Å². The maximum absolute atomic E-state index is 5.67. The second kappa shape index (κ2) is 6.69. The molecule has 2 heterocycles. The Morgan fingerprint density at radius 3 is 3.14 bits per heavy atom. The van der Waals surface area contributed by atoms with E-state index >= 15 is 0 Å². The minimum Gasteiger partial charge on any atom is -0.490 e. The lowest BCUT2D eigenvalue weighted by Gasteiger charge is -2.37. The molecule has 0 aliphatic carbocycles. The molecule has 0 radical (unpaired) electrons. The molecule has 1 aromatic carbocycles. The third kappa shape index (κ3) is 3.52. The normalized spacial score (nSPS) is 23.8. The molecule has 2 aliphatic heterocycles. The summed E-state index contributed by atoms with van der Waals surface area (Å²) in [6.07, 6.45) is 5.14. The predicted molar refractivity (Wildman–Crippen MR) is 88.2 cm³/mol. The average molecular weight is 288 g/mol. The summed E-state index contributed by atoms with van der Waals surface area (Å²) in [6.45, 7) is 8.94. The van der Waals surface area contributed by atoms with Crippen LogP contribution in [-0.4, -0.2) is 37.2 Å². The summed E-state index contributed by atoms with van der Waals surface area (Å²) in [5.74, 6) is 1.86. The van der Waals surface area contributed by atoms with Crippen LogP contribution in [0.15, 0.2) is 18.2 Å². The third-order valence-electron chi connectivity index (χ3n) is 4.87. The van der Waals surface area contributed by atoms with Crippen LogP contribution >= 0.6 is 0 Å². The Morgan fingerprint density at radius 1 is 1.43 bits per heavy atom. The van der Waals surface area contributed by atoms with Gasteiger partial charge in [0.15, 0.2) is 0 Å². The zero-order valence-corrected chi connectivity index (χ0v) is 13.4. The summed E-state index contributed by atoms with van der Waals surface area (Å²) in [4.78, 5) is 2.71. The molecule has 3 nitrogen and oxygen atoms in total. The van der Waals surface area contributed by atoms with E-state index in [1.54, 1.807) is 0 Å². The summed E-state index contributed by atoms with van der Waals surface area (Å²) in [5, 5.41) is 3.44. The zero-order valence-electron chi connectivity index (χ0n) is 13.4. The van der Waals surface area contributed by atoms with E-state index < -0.39 is 0 Å². The van der Waals surface area contributed by atoms with Crippen LogP contribution in [0.2, 0.25) is 0 Å². The van der Waals surface area contributed by atoms with E-state index in [2.05, 4.69) is 42.3 Å². The molecular formula is C18H28N2O. The van der Waals surface area contributed by atoms with E-state index in [9.17, 15) is 0 Å². The average Bonchev–Trinajstić information content (AvgIpc) is 2.52. The molecule has 0 aromatic heterocycles. The predicted octanol–water partition coefficient (Wildman–Crippen LogP) is 3.54. The van der Waals surface area contributed by atoms with Gasteiger partial charge in [0, 0.05) is 19.1 Å². The van der Waals surface area contributed by atoms with Gasteiger partial charge >= 0.3 is 0 Å². The SMILES string of the molecule is CCC(Cc1ccc2c(c1)NCCO2)N1CCCC(C)C1. The summed E-state index contributed by atoms with van der Waals surface area (Å²) >= 11 is 0. The van der Waals surface area contributed by atoms with Gasteiger partial charge < -0.3 is 10.1 Å². The second-order valence-electron chi connectivity index (χ2n) is 6.61. The standard InChI is InChI=1S/C18H28N2O/c1-3-16(20-9-4-5-14(2)13-20)11-15-6-7-18-17(12-15)19-8-10-21-18/h6-7,12,14,16,19H,3-5,8-11,13H2,1-2H3. The lowest BCUT2D eigenvalue weighted by Crippen LogP contribution is -2.42. The molecule has 2 aliphatic rings. The maximum atomic E-state index is 5.67. The Bertz CT molecular complexity index is 474. The van der Waals surface area contributed by atoms with Crippen molar-refractivity contribution in [2.45, 2.75) is 45.6 Å². The molecule has 21 heavy (non-hydrogen) atoms. The number of benzene rings is 1. The highest BCUT2D eigenvalue weighted by atomic mass is 16.5. The van der Waals surface area contributed by atoms with Crippen molar-refractivity contribution in [3.8, 4) is 5.75 Å². The number of anilines is 1. The van der Waals surface area contributed by atoms with Gasteiger partial charge in [0.05, 0.1) is 5.69 Å². The summed E-state index contributed by atoms with van der Waals surface area (Å²) < 4.78 is 5.67. The molecule has 3 rings (SSSR count). The molecule has 0 spiro atoms. The fourth-order valence-corrected chi connectivity index (χ4v) is 3.68. The van der Waals surface area contributed by atoms with Crippen molar-refractivity contribution in [2.24, 2.45) is 5.92 Å². The van der Waals surface area contributed by atoms with Crippen molar-refractivity contribution < 1.29 is 4.74 Å². The number of nitrogens with one attached hydrogen (secondary N) is 1. The fourth-order valence-electron chi connectivity index (χ4n) is 3.68. The summed E-state index contributed by atoms with van der Waals surface area (Å²) in [7, 11) is 0. The molecule has 1 aromatic rings. The monoisotopic (exact) mass is 288 g/mol. The molecule has 2 unspecified atom stereocenters. The first-order chi connectivity index (χ1) is 10.3. The third-order valence-corrected chi connectivity index (χ3v) is 4.87. The Morgan fingerprint density at radius 2 is 2.33 bits per heavy atom. The molecule has 0 amide bonds. The molecule has 116 valence electrons. The Labute approximate surface area is 128 Å². The highest BCUT2D eigenvalue weighted by Crippen LogP contribution is 2.29. The van der Waals surface area contributed by atoms with Gasteiger partial charge in [-0.1, -0.05) is 19.9 Å². The van der Waals surface area contributed by atoms with E-state index in [4.69, 9.17) is 4.74 Å². The van der Waals surface area contributed by atoms with Gasteiger partial charge in [-0.25, -0.2) is 0 Å². The van der Waals surface area contributed by atoms with E-state index in [-0.39, 0.29) is 0 Å².